The number of hydrogen-bond acceptors (Lipinski definition) is 6. The van der Waals surface area contributed by atoms with Crippen molar-refractivity contribution in [2.24, 2.45) is 5.92 Å². The summed E-state index contributed by atoms with van der Waals surface area (Å²) in [7, 11) is 0. The summed E-state index contributed by atoms with van der Waals surface area (Å²) >= 11 is 1.05. The summed E-state index contributed by atoms with van der Waals surface area (Å²) in [5, 5.41) is 14.8. The Morgan fingerprint density at radius 3 is 2.34 bits per heavy atom. The van der Waals surface area contributed by atoms with Crippen molar-refractivity contribution < 1.29 is 24.2 Å². The first kappa shape index (κ1) is 22.8. The third kappa shape index (κ3) is 4.54. The van der Waals surface area contributed by atoms with Gasteiger partial charge >= 0.3 is 12.1 Å². The number of hydrogen-bond donors (Lipinski definition) is 3. The number of thiazole rings is 1. The Bertz CT molecular complexity index is 1300. The first-order valence-corrected chi connectivity index (χ1v) is 12.0. The van der Waals surface area contributed by atoms with Crippen molar-refractivity contribution >= 4 is 34.4 Å². The molecule has 0 bridgehead atoms. The second-order valence-electron chi connectivity index (χ2n) is 8.53. The van der Waals surface area contributed by atoms with Crippen LogP contribution in [-0.2, 0) is 9.53 Å². The van der Waals surface area contributed by atoms with Gasteiger partial charge in [-0.1, -0.05) is 72.0 Å². The van der Waals surface area contributed by atoms with E-state index in [4.69, 9.17) is 9.84 Å². The fourth-order valence-electron chi connectivity index (χ4n) is 4.61. The van der Waals surface area contributed by atoms with Crippen molar-refractivity contribution in [2.75, 3.05) is 11.9 Å². The van der Waals surface area contributed by atoms with Crippen LogP contribution in [0.2, 0.25) is 0 Å². The number of carboxylic acid groups (broad SMARTS) is 1. The van der Waals surface area contributed by atoms with Gasteiger partial charge in [-0.05, 0) is 35.6 Å². The molecule has 0 saturated carbocycles. The summed E-state index contributed by atoms with van der Waals surface area (Å²) in [6.45, 7) is 1.86. The van der Waals surface area contributed by atoms with Crippen LogP contribution in [0.25, 0.3) is 11.1 Å². The zero-order valence-corrected chi connectivity index (χ0v) is 19.7. The van der Waals surface area contributed by atoms with E-state index in [-0.39, 0.29) is 29.6 Å². The third-order valence-electron chi connectivity index (χ3n) is 6.27. The average molecular weight is 490 g/mol. The minimum absolute atomic E-state index is 0.0541. The lowest BCUT2D eigenvalue weighted by molar-refractivity contribution is -0.140. The summed E-state index contributed by atoms with van der Waals surface area (Å²) in [4.78, 5) is 40.9. The Morgan fingerprint density at radius 1 is 1.06 bits per heavy atom. The zero-order valence-electron chi connectivity index (χ0n) is 18.9. The Hall–Kier alpha value is -3.98. The van der Waals surface area contributed by atoms with E-state index in [2.05, 4.69) is 39.9 Å². The molecule has 1 heterocycles. The number of amides is 2. The third-order valence-corrected chi connectivity index (χ3v) is 7.34. The van der Waals surface area contributed by atoms with Crippen LogP contribution in [0.5, 0.6) is 0 Å². The highest BCUT2D eigenvalue weighted by molar-refractivity contribution is 7.17. The summed E-state index contributed by atoms with van der Waals surface area (Å²) < 4.78 is 5.55. The van der Waals surface area contributed by atoms with Crippen LogP contribution in [0.3, 0.4) is 0 Å². The van der Waals surface area contributed by atoms with E-state index in [1.165, 1.54) is 0 Å². The van der Waals surface area contributed by atoms with Crippen LogP contribution >= 0.6 is 11.3 Å². The van der Waals surface area contributed by atoms with Gasteiger partial charge < -0.3 is 15.2 Å². The van der Waals surface area contributed by atoms with Crippen molar-refractivity contribution in [2.45, 2.75) is 25.3 Å². The Labute approximate surface area is 205 Å². The maximum Gasteiger partial charge on any atom is 0.413 e. The number of anilines is 1. The summed E-state index contributed by atoms with van der Waals surface area (Å²) in [5.41, 5.74) is 5.01. The molecule has 178 valence electrons. The molecule has 0 spiro atoms. The molecule has 2 atom stereocenters. The molecule has 2 aliphatic carbocycles. The predicted octanol–water partition coefficient (Wildman–Crippen LogP) is 4.57. The first-order valence-electron chi connectivity index (χ1n) is 11.2. The van der Waals surface area contributed by atoms with Gasteiger partial charge in [0.1, 0.15) is 11.5 Å². The maximum atomic E-state index is 12.7. The number of fused-ring (bicyclic) bond motifs is 3. The molecular formula is C26H23N3O5S. The zero-order chi connectivity index (χ0) is 24.5. The van der Waals surface area contributed by atoms with Crippen LogP contribution in [0.1, 0.15) is 38.8 Å². The standard InChI is InChI=1S/C26H23N3O5S/c1-14-22(23(30)28-16-11-10-15(12-16)24(31)32)35-25(27-14)29-26(33)34-13-21-19-8-4-2-6-17(19)18-7-3-5-9-20(18)21/h2-11,15-16,21H,12-13H2,1H3,(H,28,30)(H,31,32)(H,27,29,33). The van der Waals surface area contributed by atoms with E-state index in [1.54, 1.807) is 19.1 Å². The quantitative estimate of drug-likeness (QED) is 0.437. The Kier molecular flexibility index (Phi) is 6.08. The van der Waals surface area contributed by atoms with Crippen LogP contribution in [0.4, 0.5) is 9.93 Å². The SMILES string of the molecule is Cc1nc(NC(=O)OCC2c3ccccc3-c3ccccc32)sc1C(=O)NC1C=CC(C(=O)O)C1. The van der Waals surface area contributed by atoms with Crippen molar-refractivity contribution in [3.05, 3.63) is 82.4 Å². The minimum Gasteiger partial charge on any atom is -0.481 e. The van der Waals surface area contributed by atoms with Gasteiger partial charge in [-0.3, -0.25) is 14.9 Å². The molecule has 0 saturated heterocycles. The normalized spacial score (nSPS) is 18.1. The topological polar surface area (TPSA) is 118 Å². The molecule has 2 aliphatic rings. The van der Waals surface area contributed by atoms with Crippen LogP contribution in [-0.4, -0.2) is 40.7 Å². The largest absolute Gasteiger partial charge is 0.481 e. The van der Waals surface area contributed by atoms with Gasteiger partial charge in [-0.15, -0.1) is 0 Å². The molecule has 1 aromatic heterocycles. The maximum absolute atomic E-state index is 12.7. The van der Waals surface area contributed by atoms with Crippen molar-refractivity contribution in [3.63, 3.8) is 0 Å². The summed E-state index contributed by atoms with van der Waals surface area (Å²) in [6, 6.07) is 15.8. The molecule has 0 fully saturated rings. The van der Waals surface area contributed by atoms with Gasteiger partial charge in [-0.25, -0.2) is 9.78 Å². The molecule has 5 rings (SSSR count). The van der Waals surface area contributed by atoms with Gasteiger partial charge in [0, 0.05) is 12.0 Å². The molecule has 0 radical (unpaired) electrons. The number of aliphatic carboxylic acids is 1. The molecule has 3 aromatic rings. The number of benzene rings is 2. The van der Waals surface area contributed by atoms with Crippen LogP contribution in [0.15, 0.2) is 60.7 Å². The summed E-state index contributed by atoms with van der Waals surface area (Å²) in [6.07, 6.45) is 2.93. The first-order chi connectivity index (χ1) is 16.9. The predicted molar refractivity (Wildman–Crippen MR) is 132 cm³/mol. The number of rotatable bonds is 6. The van der Waals surface area contributed by atoms with E-state index in [0.717, 1.165) is 33.6 Å². The lowest BCUT2D eigenvalue weighted by atomic mass is 9.98. The van der Waals surface area contributed by atoms with E-state index < -0.39 is 18.0 Å². The number of carbonyl (C=O) groups is 3. The monoisotopic (exact) mass is 489 g/mol. The molecule has 0 aliphatic heterocycles. The molecule has 2 amide bonds. The number of nitrogens with one attached hydrogen (secondary N) is 2. The number of aromatic nitrogens is 1. The Morgan fingerprint density at radius 2 is 1.71 bits per heavy atom. The van der Waals surface area contributed by atoms with Crippen molar-refractivity contribution in [3.8, 4) is 11.1 Å². The molecule has 2 aromatic carbocycles. The number of nitrogens with zero attached hydrogens (tertiary/aromatic N) is 1. The second kappa shape index (κ2) is 9.34. The second-order valence-corrected chi connectivity index (χ2v) is 9.53. The highest BCUT2D eigenvalue weighted by atomic mass is 32.1. The molecule has 35 heavy (non-hydrogen) atoms. The number of carbonyl (C=O) groups excluding carboxylic acids is 2. The van der Waals surface area contributed by atoms with Crippen LogP contribution < -0.4 is 10.6 Å². The van der Waals surface area contributed by atoms with Gasteiger partial charge in [0.2, 0.25) is 0 Å². The van der Waals surface area contributed by atoms with Gasteiger partial charge in [-0.2, -0.15) is 0 Å². The van der Waals surface area contributed by atoms with E-state index in [9.17, 15) is 14.4 Å². The van der Waals surface area contributed by atoms with E-state index in [1.807, 2.05) is 24.3 Å². The van der Waals surface area contributed by atoms with E-state index in [0.29, 0.717) is 17.0 Å². The molecular weight excluding hydrogens is 466 g/mol. The van der Waals surface area contributed by atoms with Gasteiger partial charge in [0.25, 0.3) is 5.91 Å². The molecule has 9 heteroatoms. The van der Waals surface area contributed by atoms with E-state index >= 15 is 0 Å². The fraction of sp³-hybridized carbons (Fsp3) is 0.231. The van der Waals surface area contributed by atoms with Gasteiger partial charge in [0.15, 0.2) is 5.13 Å². The highest BCUT2D eigenvalue weighted by Gasteiger charge is 2.30. The van der Waals surface area contributed by atoms with Crippen LogP contribution in [0, 0.1) is 12.8 Å². The molecule has 3 N–H and O–H groups in total. The number of carboxylic acids is 1. The fourth-order valence-corrected chi connectivity index (χ4v) is 5.46. The van der Waals surface area contributed by atoms with Gasteiger partial charge in [0.05, 0.1) is 11.6 Å². The number of aryl methyl sites for hydroxylation is 1. The molecule has 8 nitrogen and oxygen atoms in total. The molecule has 2 unspecified atom stereocenters. The van der Waals surface area contributed by atoms with Crippen molar-refractivity contribution in [1.29, 1.82) is 0 Å². The highest BCUT2D eigenvalue weighted by Crippen LogP contribution is 2.44. The lowest BCUT2D eigenvalue weighted by Gasteiger charge is -2.14. The average Bonchev–Trinajstić information content (AvgIpc) is 3.54. The Balaban J connectivity index is 1.20. The minimum atomic E-state index is -0.915. The summed E-state index contributed by atoms with van der Waals surface area (Å²) in [5.74, 6) is -1.93. The smallest absolute Gasteiger partial charge is 0.413 e. The lowest BCUT2D eigenvalue weighted by Crippen LogP contribution is -2.33. The van der Waals surface area contributed by atoms with Crippen molar-refractivity contribution in [1.82, 2.24) is 10.3 Å². The number of ether oxygens (including phenoxy) is 1.